The highest BCUT2D eigenvalue weighted by Gasteiger charge is 2.18. The quantitative estimate of drug-likeness (QED) is 0.316. The van der Waals surface area contributed by atoms with E-state index in [1.54, 1.807) is 12.1 Å². The van der Waals surface area contributed by atoms with Crippen molar-refractivity contribution in [3.05, 3.63) is 113 Å². The molecule has 3 rings (SSSR count). The molecule has 0 aliphatic heterocycles. The predicted molar refractivity (Wildman–Crippen MR) is 121 cm³/mol. The Balaban J connectivity index is 1.66. The van der Waals surface area contributed by atoms with E-state index in [9.17, 15) is 14.0 Å². The predicted octanol–water partition coefficient (Wildman–Crippen LogP) is 3.93. The first-order valence-corrected chi connectivity index (χ1v) is 10.2. The minimum Gasteiger partial charge on any atom is -0.352 e. The van der Waals surface area contributed by atoms with Crippen molar-refractivity contribution in [3.63, 3.8) is 0 Å². The Morgan fingerprint density at radius 3 is 1.71 bits per heavy atom. The molecule has 0 saturated carbocycles. The molecule has 0 fully saturated rings. The number of hydrogen-bond acceptors (Lipinski definition) is 2. The second kappa shape index (κ2) is 11.5. The first-order chi connectivity index (χ1) is 15.1. The molecule has 3 aromatic carbocycles. The summed E-state index contributed by atoms with van der Waals surface area (Å²) >= 11 is 0. The number of rotatable bonds is 9. The molecule has 4 nitrogen and oxygen atoms in total. The van der Waals surface area contributed by atoms with E-state index in [0.717, 1.165) is 11.1 Å². The molecule has 5 heteroatoms. The van der Waals surface area contributed by atoms with Crippen molar-refractivity contribution < 1.29 is 14.0 Å². The largest absolute Gasteiger partial charge is 0.352 e. The van der Waals surface area contributed by atoms with Gasteiger partial charge in [-0.25, -0.2) is 4.39 Å². The highest BCUT2D eigenvalue weighted by molar-refractivity contribution is 6.21. The molecule has 0 aliphatic carbocycles. The average Bonchev–Trinajstić information content (AvgIpc) is 2.79. The molecular weight excluding hydrogens is 391 g/mol. The maximum absolute atomic E-state index is 13.6. The van der Waals surface area contributed by atoms with Gasteiger partial charge in [0, 0.05) is 13.1 Å². The third-order valence-corrected chi connectivity index (χ3v) is 4.73. The number of amides is 2. The summed E-state index contributed by atoms with van der Waals surface area (Å²) in [6, 6.07) is 25.3. The van der Waals surface area contributed by atoms with Gasteiger partial charge in [-0.2, -0.15) is 0 Å². The molecule has 0 aromatic heterocycles. The van der Waals surface area contributed by atoms with Gasteiger partial charge in [0.05, 0.1) is 0 Å². The lowest BCUT2D eigenvalue weighted by Crippen LogP contribution is -2.36. The third kappa shape index (κ3) is 7.23. The second-order valence-corrected chi connectivity index (χ2v) is 7.10. The summed E-state index contributed by atoms with van der Waals surface area (Å²) < 4.78 is 13.6. The average molecular weight is 416 g/mol. The van der Waals surface area contributed by atoms with Gasteiger partial charge in [0.15, 0.2) is 0 Å². The van der Waals surface area contributed by atoms with Gasteiger partial charge in [0.25, 0.3) is 11.8 Å². The van der Waals surface area contributed by atoms with E-state index < -0.39 is 17.6 Å². The number of hydrogen-bond donors (Lipinski definition) is 2. The summed E-state index contributed by atoms with van der Waals surface area (Å²) in [6.45, 7) is 0.779. The fourth-order valence-corrected chi connectivity index (χ4v) is 3.12. The van der Waals surface area contributed by atoms with Gasteiger partial charge in [0.1, 0.15) is 11.4 Å². The van der Waals surface area contributed by atoms with Crippen LogP contribution < -0.4 is 10.6 Å². The smallest absolute Gasteiger partial charge is 0.256 e. The number of halogens is 1. The monoisotopic (exact) mass is 416 g/mol. The minimum atomic E-state index is -0.489. The van der Waals surface area contributed by atoms with Crippen LogP contribution in [0.3, 0.4) is 0 Å². The van der Waals surface area contributed by atoms with E-state index >= 15 is 0 Å². The van der Waals surface area contributed by atoms with Crippen molar-refractivity contribution in [2.24, 2.45) is 0 Å². The number of carbonyl (C=O) groups excluding carboxylic acids is 2. The molecule has 0 saturated heterocycles. The standard InChI is InChI=1S/C26H25FN2O2/c27-23-13-7-12-22(18-23)19-24(25(30)28-16-14-20-8-3-1-4-9-20)26(31)29-17-15-21-10-5-2-6-11-21/h1-13,18-19H,14-17H2,(H,28,30)(H,29,31). The van der Waals surface area contributed by atoms with E-state index in [4.69, 9.17) is 0 Å². The van der Waals surface area contributed by atoms with Crippen LogP contribution in [0.15, 0.2) is 90.5 Å². The fourth-order valence-electron chi connectivity index (χ4n) is 3.12. The van der Waals surface area contributed by atoms with Gasteiger partial charge >= 0.3 is 0 Å². The van der Waals surface area contributed by atoms with E-state index in [-0.39, 0.29) is 5.57 Å². The number of nitrogens with one attached hydrogen (secondary N) is 2. The van der Waals surface area contributed by atoms with Crippen LogP contribution in [0.25, 0.3) is 6.08 Å². The van der Waals surface area contributed by atoms with Crippen molar-refractivity contribution in [1.82, 2.24) is 10.6 Å². The van der Waals surface area contributed by atoms with Crippen LogP contribution in [0.1, 0.15) is 16.7 Å². The SMILES string of the molecule is O=C(NCCc1ccccc1)C(=Cc1cccc(F)c1)C(=O)NCCc1ccccc1. The lowest BCUT2D eigenvalue weighted by Gasteiger charge is -2.11. The molecule has 2 N–H and O–H groups in total. The number of carbonyl (C=O) groups is 2. The summed E-state index contributed by atoms with van der Waals surface area (Å²) in [5.41, 5.74) is 2.58. The lowest BCUT2D eigenvalue weighted by atomic mass is 10.1. The van der Waals surface area contributed by atoms with E-state index in [0.29, 0.717) is 31.5 Å². The van der Waals surface area contributed by atoms with Crippen molar-refractivity contribution in [1.29, 1.82) is 0 Å². The van der Waals surface area contributed by atoms with Crippen LogP contribution in [0.2, 0.25) is 0 Å². The molecular formula is C26H25FN2O2. The van der Waals surface area contributed by atoms with Gasteiger partial charge in [-0.05, 0) is 47.7 Å². The Kier molecular flexibility index (Phi) is 8.12. The Morgan fingerprint density at radius 2 is 1.23 bits per heavy atom. The van der Waals surface area contributed by atoms with Gasteiger partial charge in [0.2, 0.25) is 0 Å². The molecule has 31 heavy (non-hydrogen) atoms. The van der Waals surface area contributed by atoms with E-state index in [1.807, 2.05) is 60.7 Å². The molecule has 0 unspecified atom stereocenters. The molecule has 0 radical (unpaired) electrons. The molecule has 0 heterocycles. The molecule has 158 valence electrons. The molecule has 0 atom stereocenters. The first-order valence-electron chi connectivity index (χ1n) is 10.2. The maximum atomic E-state index is 13.6. The van der Waals surface area contributed by atoms with Crippen LogP contribution in [0, 0.1) is 5.82 Å². The molecule has 2 amide bonds. The normalized spacial score (nSPS) is 10.2. The summed E-state index contributed by atoms with van der Waals surface area (Å²) in [5, 5.41) is 5.59. The maximum Gasteiger partial charge on any atom is 0.256 e. The zero-order chi connectivity index (χ0) is 21.9. The van der Waals surface area contributed by atoms with Crippen LogP contribution in [0.5, 0.6) is 0 Å². The van der Waals surface area contributed by atoms with Crippen molar-refractivity contribution in [2.75, 3.05) is 13.1 Å². The van der Waals surface area contributed by atoms with Crippen LogP contribution in [-0.2, 0) is 22.4 Å². The van der Waals surface area contributed by atoms with Crippen molar-refractivity contribution >= 4 is 17.9 Å². The zero-order valence-corrected chi connectivity index (χ0v) is 17.2. The molecule has 0 aliphatic rings. The van der Waals surface area contributed by atoms with Gasteiger partial charge in [-0.3, -0.25) is 9.59 Å². The van der Waals surface area contributed by atoms with E-state index in [2.05, 4.69) is 10.6 Å². The molecule has 0 bridgehead atoms. The van der Waals surface area contributed by atoms with Gasteiger partial charge < -0.3 is 10.6 Å². The Morgan fingerprint density at radius 1 is 0.710 bits per heavy atom. The highest BCUT2D eigenvalue weighted by Crippen LogP contribution is 2.10. The number of benzene rings is 3. The Hall–Kier alpha value is -3.73. The van der Waals surface area contributed by atoms with Crippen molar-refractivity contribution in [3.8, 4) is 0 Å². The zero-order valence-electron chi connectivity index (χ0n) is 17.2. The van der Waals surface area contributed by atoms with Crippen molar-refractivity contribution in [2.45, 2.75) is 12.8 Å². The van der Waals surface area contributed by atoms with Crippen LogP contribution in [0.4, 0.5) is 4.39 Å². The van der Waals surface area contributed by atoms with Crippen LogP contribution in [-0.4, -0.2) is 24.9 Å². The lowest BCUT2D eigenvalue weighted by molar-refractivity contribution is -0.123. The third-order valence-electron chi connectivity index (χ3n) is 4.73. The van der Waals surface area contributed by atoms with Crippen LogP contribution >= 0.6 is 0 Å². The van der Waals surface area contributed by atoms with E-state index in [1.165, 1.54) is 18.2 Å². The van der Waals surface area contributed by atoms with Gasteiger partial charge in [-0.15, -0.1) is 0 Å². The second-order valence-electron chi connectivity index (χ2n) is 7.10. The molecule has 3 aromatic rings. The highest BCUT2D eigenvalue weighted by atomic mass is 19.1. The topological polar surface area (TPSA) is 58.2 Å². The minimum absolute atomic E-state index is 0.0493. The molecule has 0 spiro atoms. The Labute approximate surface area is 181 Å². The first kappa shape index (κ1) is 22.0. The Bertz CT molecular complexity index is 974. The summed E-state index contributed by atoms with van der Waals surface area (Å²) in [5.74, 6) is -1.41. The summed E-state index contributed by atoms with van der Waals surface area (Å²) in [6.07, 6.45) is 2.71. The summed E-state index contributed by atoms with van der Waals surface area (Å²) in [4.78, 5) is 25.5. The fraction of sp³-hybridized carbons (Fsp3) is 0.154. The summed E-state index contributed by atoms with van der Waals surface area (Å²) in [7, 11) is 0. The van der Waals surface area contributed by atoms with Gasteiger partial charge in [-0.1, -0.05) is 72.8 Å².